The fraction of sp³-hybridized carbons (Fsp3) is 0.185. The Bertz CT molecular complexity index is 1490. The van der Waals surface area contributed by atoms with Crippen molar-refractivity contribution in [3.05, 3.63) is 83.1 Å². The van der Waals surface area contributed by atoms with E-state index < -0.39 is 11.9 Å². The number of hydrogen-bond acceptors (Lipinski definition) is 6. The fourth-order valence-corrected chi connectivity index (χ4v) is 4.22. The van der Waals surface area contributed by atoms with Crippen LogP contribution in [0.5, 0.6) is 5.75 Å². The summed E-state index contributed by atoms with van der Waals surface area (Å²) in [6.07, 6.45) is 1.69. The van der Waals surface area contributed by atoms with Crippen LogP contribution in [0.2, 0.25) is 0 Å². The highest BCUT2D eigenvalue weighted by Crippen LogP contribution is 2.32. The molecule has 1 fully saturated rings. The lowest BCUT2D eigenvalue weighted by molar-refractivity contribution is -0.122. The third-order valence-electron chi connectivity index (χ3n) is 6.19. The quantitative estimate of drug-likeness (QED) is 0.342. The van der Waals surface area contributed by atoms with Crippen LogP contribution in [-0.2, 0) is 11.3 Å². The van der Waals surface area contributed by atoms with Crippen LogP contribution in [0.1, 0.15) is 16.7 Å². The lowest BCUT2D eigenvalue weighted by Gasteiger charge is -2.19. The Labute approximate surface area is 208 Å². The van der Waals surface area contributed by atoms with E-state index in [1.165, 1.54) is 16.7 Å². The summed E-state index contributed by atoms with van der Waals surface area (Å²) in [4.78, 5) is 31.8. The summed E-state index contributed by atoms with van der Waals surface area (Å²) in [5.74, 6) is -0.450. The van der Waals surface area contributed by atoms with Gasteiger partial charge in [0.15, 0.2) is 0 Å². The Morgan fingerprint density at radius 1 is 0.972 bits per heavy atom. The van der Waals surface area contributed by atoms with E-state index in [2.05, 4.69) is 10.2 Å². The van der Waals surface area contributed by atoms with Gasteiger partial charge in [0.2, 0.25) is 0 Å². The summed E-state index contributed by atoms with van der Waals surface area (Å²) in [6.45, 7) is 1.90. The molecule has 182 valence electrons. The van der Waals surface area contributed by atoms with Gasteiger partial charge < -0.3 is 10.0 Å². The first-order chi connectivity index (χ1) is 17.2. The first-order valence-electron chi connectivity index (χ1n) is 11.5. The van der Waals surface area contributed by atoms with Gasteiger partial charge >= 0.3 is 6.03 Å². The second kappa shape index (κ2) is 8.84. The van der Waals surface area contributed by atoms with Crippen molar-refractivity contribution in [2.45, 2.75) is 13.5 Å². The van der Waals surface area contributed by atoms with E-state index in [-0.39, 0.29) is 18.0 Å². The summed E-state index contributed by atoms with van der Waals surface area (Å²) >= 11 is 0. The molecule has 3 aromatic carbocycles. The molecular formula is C27H26N6O3. The summed E-state index contributed by atoms with van der Waals surface area (Å²) in [7, 11) is 5.36. The minimum atomic E-state index is -0.457. The average Bonchev–Trinajstić information content (AvgIpc) is 3.38. The number of anilines is 1. The second-order valence-electron chi connectivity index (χ2n) is 9.02. The number of rotatable bonds is 5. The van der Waals surface area contributed by atoms with Gasteiger partial charge in [-0.1, -0.05) is 30.3 Å². The van der Waals surface area contributed by atoms with Crippen LogP contribution in [0.4, 0.5) is 10.5 Å². The van der Waals surface area contributed by atoms with Crippen molar-refractivity contribution in [1.29, 1.82) is 0 Å². The lowest BCUT2D eigenvalue weighted by atomic mass is 10.1. The molecule has 0 saturated carbocycles. The molecule has 2 heterocycles. The number of phenolic OH excluding ortho intramolecular Hbond substituents is 1. The number of aromatic nitrogens is 3. The summed E-state index contributed by atoms with van der Waals surface area (Å²) in [6, 6.07) is 18.2. The van der Waals surface area contributed by atoms with Gasteiger partial charge in [-0.05, 0) is 54.5 Å². The number of urea groups is 1. The van der Waals surface area contributed by atoms with Crippen LogP contribution in [0.25, 0.3) is 22.8 Å². The zero-order chi connectivity index (χ0) is 25.6. The lowest BCUT2D eigenvalue weighted by Crippen LogP contribution is -2.29. The molecule has 0 atom stereocenters. The molecule has 5 rings (SSSR count). The van der Waals surface area contributed by atoms with Gasteiger partial charge in [0.25, 0.3) is 5.91 Å². The number of hydrogen-bond donors (Lipinski definition) is 1. The van der Waals surface area contributed by atoms with Crippen molar-refractivity contribution in [3.8, 4) is 11.4 Å². The standard InChI is InChI=1S/C27H26N6O3/c1-17-13-19(25(34)23(14-17)33-28-21-7-5-6-8-22(21)29-33)16-32-24(26(35)31(4)27(32)36)15-18-9-11-20(12-10-18)30(2)3/h5-15,34H,16H2,1-4H3. The summed E-state index contributed by atoms with van der Waals surface area (Å²) < 4.78 is 0. The predicted octanol–water partition coefficient (Wildman–Crippen LogP) is 3.94. The highest BCUT2D eigenvalue weighted by atomic mass is 16.3. The van der Waals surface area contributed by atoms with Crippen molar-refractivity contribution in [3.63, 3.8) is 0 Å². The minimum Gasteiger partial charge on any atom is -0.505 e. The first-order valence-corrected chi connectivity index (χ1v) is 11.5. The maximum Gasteiger partial charge on any atom is 0.331 e. The molecule has 1 saturated heterocycles. The number of benzene rings is 3. The summed E-state index contributed by atoms with van der Waals surface area (Å²) in [5.41, 5.74) is 5.20. The van der Waals surface area contributed by atoms with Crippen LogP contribution >= 0.6 is 0 Å². The van der Waals surface area contributed by atoms with E-state index in [4.69, 9.17) is 0 Å². The van der Waals surface area contributed by atoms with Crippen LogP contribution in [-0.4, -0.2) is 63.0 Å². The number of phenols is 1. The van der Waals surface area contributed by atoms with Crippen molar-refractivity contribution in [2.75, 3.05) is 26.0 Å². The Balaban J connectivity index is 1.52. The smallest absolute Gasteiger partial charge is 0.331 e. The fourth-order valence-electron chi connectivity index (χ4n) is 4.22. The topological polar surface area (TPSA) is 94.8 Å². The van der Waals surface area contributed by atoms with Crippen LogP contribution in [0.15, 0.2) is 66.4 Å². The molecule has 36 heavy (non-hydrogen) atoms. The highest BCUT2D eigenvalue weighted by molar-refractivity contribution is 6.13. The second-order valence-corrected chi connectivity index (χ2v) is 9.02. The number of nitrogens with zero attached hydrogens (tertiary/aromatic N) is 6. The molecular weight excluding hydrogens is 456 g/mol. The third kappa shape index (κ3) is 4.04. The van der Waals surface area contributed by atoms with Crippen molar-refractivity contribution in [2.24, 2.45) is 0 Å². The maximum absolute atomic E-state index is 13.0. The van der Waals surface area contributed by atoms with Gasteiger partial charge in [-0.25, -0.2) is 4.79 Å². The Morgan fingerprint density at radius 2 is 1.61 bits per heavy atom. The van der Waals surface area contributed by atoms with E-state index in [1.807, 2.05) is 74.4 Å². The molecule has 0 spiro atoms. The molecule has 0 bridgehead atoms. The maximum atomic E-state index is 13.0. The molecule has 1 N–H and O–H groups in total. The third-order valence-corrected chi connectivity index (χ3v) is 6.19. The number of fused-ring (bicyclic) bond motifs is 1. The molecule has 3 amide bonds. The monoisotopic (exact) mass is 482 g/mol. The molecule has 0 radical (unpaired) electrons. The number of amides is 3. The Hall–Kier alpha value is -4.66. The largest absolute Gasteiger partial charge is 0.505 e. The van der Waals surface area contributed by atoms with Crippen LogP contribution in [0, 0.1) is 6.92 Å². The van der Waals surface area contributed by atoms with Gasteiger partial charge in [-0.2, -0.15) is 0 Å². The number of aryl methyl sites for hydroxylation is 1. The van der Waals surface area contributed by atoms with Crippen LogP contribution < -0.4 is 4.90 Å². The molecule has 1 aliphatic rings. The van der Waals surface area contributed by atoms with E-state index in [9.17, 15) is 14.7 Å². The van der Waals surface area contributed by atoms with E-state index in [1.54, 1.807) is 18.2 Å². The van der Waals surface area contributed by atoms with Gasteiger partial charge in [-0.3, -0.25) is 14.6 Å². The van der Waals surface area contributed by atoms with Crippen LogP contribution in [0.3, 0.4) is 0 Å². The van der Waals surface area contributed by atoms with Gasteiger partial charge in [-0.15, -0.1) is 15.0 Å². The Kier molecular flexibility index (Phi) is 5.68. The molecule has 1 aromatic heterocycles. The average molecular weight is 483 g/mol. The van der Waals surface area contributed by atoms with Crippen molar-refractivity contribution < 1.29 is 14.7 Å². The molecule has 9 heteroatoms. The van der Waals surface area contributed by atoms with Gasteiger partial charge in [0.1, 0.15) is 28.2 Å². The zero-order valence-electron chi connectivity index (χ0n) is 20.5. The summed E-state index contributed by atoms with van der Waals surface area (Å²) in [5, 5.41) is 20.1. The number of aromatic hydroxyl groups is 1. The Morgan fingerprint density at radius 3 is 2.22 bits per heavy atom. The normalized spacial score (nSPS) is 14.9. The van der Waals surface area contributed by atoms with E-state index in [0.29, 0.717) is 22.3 Å². The van der Waals surface area contributed by atoms with Gasteiger partial charge in [0.05, 0.1) is 6.54 Å². The molecule has 0 unspecified atom stereocenters. The van der Waals surface area contributed by atoms with Crippen molar-refractivity contribution in [1.82, 2.24) is 24.8 Å². The molecule has 4 aromatic rings. The number of imide groups is 1. The SMILES string of the molecule is Cc1cc(CN2C(=O)N(C)C(=O)C2=Cc2ccc(N(C)C)cc2)c(O)c(-n2nc3ccccc3n2)c1. The van der Waals surface area contributed by atoms with E-state index >= 15 is 0 Å². The minimum absolute atomic E-state index is 0.0117. The predicted molar refractivity (Wildman–Crippen MR) is 138 cm³/mol. The molecule has 9 nitrogen and oxygen atoms in total. The zero-order valence-corrected chi connectivity index (χ0v) is 20.5. The van der Waals surface area contributed by atoms with Crippen molar-refractivity contribution >= 4 is 34.7 Å². The highest BCUT2D eigenvalue weighted by Gasteiger charge is 2.39. The number of likely N-dealkylation sites (N-methyl/N-ethyl adjacent to an activating group) is 1. The van der Waals surface area contributed by atoms with E-state index in [0.717, 1.165) is 21.7 Å². The number of carbonyl (C=O) groups excluding carboxylic acids is 2. The first kappa shape index (κ1) is 23.1. The van der Waals surface area contributed by atoms with Gasteiger partial charge in [0, 0.05) is 32.4 Å². The molecule has 1 aliphatic heterocycles. The number of carbonyl (C=O) groups is 2. The molecule has 0 aliphatic carbocycles.